The minimum atomic E-state index is -4.87. The molecule has 2 rings (SSSR count). The maximum atomic E-state index is 13.8. The minimum absolute atomic E-state index is 0.0175. The lowest BCUT2D eigenvalue weighted by atomic mass is 10.1. The van der Waals surface area contributed by atoms with E-state index in [-0.39, 0.29) is 16.9 Å². The van der Waals surface area contributed by atoms with Gasteiger partial charge in [-0.1, -0.05) is 6.07 Å². The quantitative estimate of drug-likeness (QED) is 0.816. The molecule has 132 valence electrons. The molecule has 2 N–H and O–H groups in total. The first-order valence-corrected chi connectivity index (χ1v) is 6.88. The molecule has 0 saturated carbocycles. The van der Waals surface area contributed by atoms with E-state index in [0.29, 0.717) is 0 Å². The van der Waals surface area contributed by atoms with Gasteiger partial charge in [0.1, 0.15) is 11.6 Å². The van der Waals surface area contributed by atoms with Gasteiger partial charge in [0, 0.05) is 24.4 Å². The molecule has 0 bridgehead atoms. The summed E-state index contributed by atoms with van der Waals surface area (Å²) in [7, 11) is 0. The molecule has 0 aliphatic carbocycles. The van der Waals surface area contributed by atoms with Gasteiger partial charge in [-0.15, -0.1) is 13.2 Å². The second kappa shape index (κ2) is 7.20. The first-order valence-electron chi connectivity index (χ1n) is 6.88. The van der Waals surface area contributed by atoms with E-state index in [1.165, 1.54) is 25.1 Å². The van der Waals surface area contributed by atoms with E-state index in [4.69, 9.17) is 0 Å². The summed E-state index contributed by atoms with van der Waals surface area (Å²) >= 11 is 0. The van der Waals surface area contributed by atoms with Crippen LogP contribution in [0, 0.1) is 5.82 Å². The molecule has 0 radical (unpaired) electrons. The average molecular weight is 356 g/mol. The van der Waals surface area contributed by atoms with Crippen LogP contribution in [0.2, 0.25) is 0 Å². The highest BCUT2D eigenvalue weighted by Crippen LogP contribution is 2.25. The number of hydrogen-bond acceptors (Lipinski definition) is 3. The Hall–Kier alpha value is -3.10. The van der Waals surface area contributed by atoms with Crippen LogP contribution in [0.3, 0.4) is 0 Å². The number of amides is 2. The number of alkyl halides is 3. The topological polar surface area (TPSA) is 67.4 Å². The van der Waals surface area contributed by atoms with Gasteiger partial charge in [-0.25, -0.2) is 4.39 Å². The van der Waals surface area contributed by atoms with E-state index >= 15 is 0 Å². The number of nitrogens with one attached hydrogen (secondary N) is 2. The van der Waals surface area contributed by atoms with E-state index in [2.05, 4.69) is 15.4 Å². The van der Waals surface area contributed by atoms with Crippen LogP contribution in [-0.2, 0) is 4.79 Å². The Morgan fingerprint density at radius 1 is 1.00 bits per heavy atom. The molecule has 2 aromatic carbocycles. The summed E-state index contributed by atoms with van der Waals surface area (Å²) < 4.78 is 54.2. The Labute approximate surface area is 139 Å². The second-order valence-corrected chi connectivity index (χ2v) is 4.91. The summed E-state index contributed by atoms with van der Waals surface area (Å²) in [5, 5.41) is 4.66. The van der Waals surface area contributed by atoms with Crippen molar-refractivity contribution in [3.8, 4) is 5.75 Å². The van der Waals surface area contributed by atoms with Gasteiger partial charge < -0.3 is 15.4 Å². The van der Waals surface area contributed by atoms with Crippen molar-refractivity contribution in [1.29, 1.82) is 0 Å². The molecule has 9 heteroatoms. The molecule has 5 nitrogen and oxygen atoms in total. The number of benzene rings is 2. The maximum Gasteiger partial charge on any atom is 0.573 e. The summed E-state index contributed by atoms with van der Waals surface area (Å²) in [5.74, 6) is -2.68. The van der Waals surface area contributed by atoms with Gasteiger partial charge in [-0.05, 0) is 30.3 Å². The molecule has 0 fully saturated rings. The van der Waals surface area contributed by atoms with Crippen LogP contribution in [0.25, 0.3) is 0 Å². The molecule has 0 heterocycles. The van der Waals surface area contributed by atoms with Crippen LogP contribution in [0.1, 0.15) is 17.3 Å². The predicted molar refractivity (Wildman–Crippen MR) is 81.8 cm³/mol. The summed E-state index contributed by atoms with van der Waals surface area (Å²) in [6, 6.07) is 7.93. The summed E-state index contributed by atoms with van der Waals surface area (Å²) in [4.78, 5) is 23.2. The van der Waals surface area contributed by atoms with Crippen molar-refractivity contribution in [2.45, 2.75) is 13.3 Å². The van der Waals surface area contributed by atoms with Gasteiger partial charge in [-0.3, -0.25) is 9.59 Å². The zero-order chi connectivity index (χ0) is 18.6. The van der Waals surface area contributed by atoms with Gasteiger partial charge >= 0.3 is 6.36 Å². The highest BCUT2D eigenvalue weighted by molar-refractivity contribution is 6.05. The van der Waals surface area contributed by atoms with Gasteiger partial charge in [-0.2, -0.15) is 0 Å². The fraction of sp³-hybridized carbons (Fsp3) is 0.125. The van der Waals surface area contributed by atoms with Crippen molar-refractivity contribution >= 4 is 23.2 Å². The van der Waals surface area contributed by atoms with E-state index < -0.39 is 29.7 Å². The highest BCUT2D eigenvalue weighted by atomic mass is 19.4. The zero-order valence-corrected chi connectivity index (χ0v) is 12.8. The fourth-order valence-electron chi connectivity index (χ4n) is 1.95. The van der Waals surface area contributed by atoms with Gasteiger partial charge in [0.15, 0.2) is 0 Å². The van der Waals surface area contributed by atoms with E-state index in [0.717, 1.165) is 24.3 Å². The lowest BCUT2D eigenvalue weighted by Crippen LogP contribution is -2.18. The SMILES string of the molecule is CC(=O)Nc1ccc(F)c(C(=O)Nc2cccc(OC(F)(F)F)c2)c1. The van der Waals surface area contributed by atoms with Crippen molar-refractivity contribution in [3.63, 3.8) is 0 Å². The van der Waals surface area contributed by atoms with Crippen molar-refractivity contribution in [3.05, 3.63) is 53.8 Å². The summed E-state index contributed by atoms with van der Waals surface area (Å²) in [5.41, 5.74) is -0.197. The molecule has 0 aliphatic heterocycles. The molecule has 2 aromatic rings. The maximum absolute atomic E-state index is 13.8. The average Bonchev–Trinajstić information content (AvgIpc) is 2.47. The number of anilines is 2. The van der Waals surface area contributed by atoms with Crippen molar-refractivity contribution < 1.29 is 31.9 Å². The van der Waals surface area contributed by atoms with Crippen molar-refractivity contribution in [2.75, 3.05) is 10.6 Å². The van der Waals surface area contributed by atoms with Crippen molar-refractivity contribution in [1.82, 2.24) is 0 Å². The van der Waals surface area contributed by atoms with Gasteiger partial charge in [0.2, 0.25) is 5.91 Å². The van der Waals surface area contributed by atoms with E-state index in [9.17, 15) is 27.2 Å². The number of rotatable bonds is 4. The smallest absolute Gasteiger partial charge is 0.406 e. The Kier molecular flexibility index (Phi) is 5.26. The van der Waals surface area contributed by atoms with Crippen LogP contribution < -0.4 is 15.4 Å². The third-order valence-corrected chi connectivity index (χ3v) is 2.86. The number of hydrogen-bond donors (Lipinski definition) is 2. The first-order chi connectivity index (χ1) is 11.6. The molecular formula is C16H12F4N2O3. The van der Waals surface area contributed by atoms with Crippen LogP contribution in [0.4, 0.5) is 28.9 Å². The molecule has 0 saturated heterocycles. The Morgan fingerprint density at radius 3 is 2.32 bits per heavy atom. The lowest BCUT2D eigenvalue weighted by Gasteiger charge is -2.11. The molecule has 0 spiro atoms. The normalized spacial score (nSPS) is 10.9. The molecule has 2 amide bonds. The molecule has 0 atom stereocenters. The third kappa shape index (κ3) is 5.48. The van der Waals surface area contributed by atoms with Crippen LogP contribution >= 0.6 is 0 Å². The number of ether oxygens (including phenoxy) is 1. The fourth-order valence-corrected chi connectivity index (χ4v) is 1.95. The molecule has 0 aliphatic rings. The number of halogens is 4. The lowest BCUT2D eigenvalue weighted by molar-refractivity contribution is -0.274. The summed E-state index contributed by atoms with van der Waals surface area (Å²) in [6.07, 6.45) is -4.87. The van der Waals surface area contributed by atoms with Gasteiger partial charge in [0.05, 0.1) is 5.56 Å². The third-order valence-electron chi connectivity index (χ3n) is 2.86. The van der Waals surface area contributed by atoms with Gasteiger partial charge in [0.25, 0.3) is 5.91 Å². The number of carbonyl (C=O) groups is 2. The largest absolute Gasteiger partial charge is 0.573 e. The monoisotopic (exact) mass is 356 g/mol. The van der Waals surface area contributed by atoms with Crippen LogP contribution in [0.5, 0.6) is 5.75 Å². The Morgan fingerprint density at radius 2 is 1.68 bits per heavy atom. The predicted octanol–water partition coefficient (Wildman–Crippen LogP) is 3.94. The first kappa shape index (κ1) is 18.2. The molecular weight excluding hydrogens is 344 g/mol. The van der Waals surface area contributed by atoms with Crippen molar-refractivity contribution in [2.24, 2.45) is 0 Å². The van der Waals surface area contributed by atoms with E-state index in [1.807, 2.05) is 0 Å². The molecule has 0 unspecified atom stereocenters. The Bertz CT molecular complexity index is 806. The zero-order valence-electron chi connectivity index (χ0n) is 12.8. The molecule has 25 heavy (non-hydrogen) atoms. The van der Waals surface area contributed by atoms with E-state index in [1.54, 1.807) is 0 Å². The summed E-state index contributed by atoms with van der Waals surface area (Å²) in [6.45, 7) is 1.25. The van der Waals surface area contributed by atoms with Crippen LogP contribution in [0.15, 0.2) is 42.5 Å². The van der Waals surface area contributed by atoms with Crippen LogP contribution in [-0.4, -0.2) is 18.2 Å². The highest BCUT2D eigenvalue weighted by Gasteiger charge is 2.31. The molecule has 0 aromatic heterocycles. The standard InChI is InChI=1S/C16H12F4N2O3/c1-9(23)21-11-5-6-14(17)13(8-11)15(24)22-10-3-2-4-12(7-10)25-16(18,19)20/h2-8H,1H3,(H,21,23)(H,22,24). The Balaban J connectivity index is 2.19. The number of carbonyl (C=O) groups excluding carboxylic acids is 2. The second-order valence-electron chi connectivity index (χ2n) is 4.91. The minimum Gasteiger partial charge on any atom is -0.406 e.